The largest absolute Gasteiger partial charge is 0.342 e. The Hall–Kier alpha value is -3.14. The third-order valence-corrected chi connectivity index (χ3v) is 5.98. The predicted molar refractivity (Wildman–Crippen MR) is 111 cm³/mol. The Kier molecular flexibility index (Phi) is 4.16. The van der Waals surface area contributed by atoms with Crippen LogP contribution in [0, 0.1) is 6.92 Å². The highest BCUT2D eigenvalue weighted by Gasteiger charge is 2.36. The van der Waals surface area contributed by atoms with Gasteiger partial charge in [-0.3, -0.25) is 9.67 Å². The lowest BCUT2D eigenvalue weighted by atomic mass is 10.1. The van der Waals surface area contributed by atoms with E-state index in [-0.39, 0.29) is 12.1 Å². The Morgan fingerprint density at radius 2 is 2.07 bits per heavy atom. The van der Waals surface area contributed by atoms with Crippen molar-refractivity contribution < 1.29 is 0 Å². The van der Waals surface area contributed by atoms with E-state index in [1.54, 1.807) is 23.7 Å². The van der Waals surface area contributed by atoms with Crippen LogP contribution in [-0.2, 0) is 0 Å². The molecule has 0 saturated heterocycles. The van der Waals surface area contributed by atoms with Crippen molar-refractivity contribution in [3.8, 4) is 27.8 Å². The molecule has 4 aromatic heterocycles. The van der Waals surface area contributed by atoms with E-state index < -0.39 is 0 Å². The number of thiazole rings is 1. The molecular formula is C19H21N9S. The highest BCUT2D eigenvalue weighted by atomic mass is 32.1. The molecule has 29 heavy (non-hydrogen) atoms. The van der Waals surface area contributed by atoms with Crippen LogP contribution in [0.5, 0.6) is 0 Å². The molecule has 0 fully saturated rings. The Morgan fingerprint density at radius 3 is 2.79 bits per heavy atom. The van der Waals surface area contributed by atoms with Gasteiger partial charge >= 0.3 is 0 Å². The summed E-state index contributed by atoms with van der Waals surface area (Å²) in [5.74, 6) is 3.29. The summed E-state index contributed by atoms with van der Waals surface area (Å²) >= 11 is 1.55. The molecule has 0 aliphatic carbocycles. The molecule has 4 aromatic rings. The third kappa shape index (κ3) is 2.66. The van der Waals surface area contributed by atoms with Crippen molar-refractivity contribution in [2.45, 2.75) is 46.2 Å². The van der Waals surface area contributed by atoms with Gasteiger partial charge in [0.1, 0.15) is 22.2 Å². The second-order valence-electron chi connectivity index (χ2n) is 7.26. The molecule has 0 bridgehead atoms. The zero-order chi connectivity index (χ0) is 20.1. The maximum atomic E-state index is 5.00. The quantitative estimate of drug-likeness (QED) is 0.552. The molecule has 5 rings (SSSR count). The summed E-state index contributed by atoms with van der Waals surface area (Å²) in [4.78, 5) is 16.4. The Labute approximate surface area is 171 Å². The molecule has 0 radical (unpaired) electrons. The number of rotatable bonds is 4. The van der Waals surface area contributed by atoms with E-state index in [2.05, 4.69) is 60.6 Å². The fourth-order valence-electron chi connectivity index (χ4n) is 3.96. The van der Waals surface area contributed by atoms with E-state index in [0.29, 0.717) is 5.82 Å². The first-order valence-electron chi connectivity index (χ1n) is 9.61. The monoisotopic (exact) mass is 407 g/mol. The first-order chi connectivity index (χ1) is 14.1. The highest BCUT2D eigenvalue weighted by Crippen LogP contribution is 2.41. The van der Waals surface area contributed by atoms with Gasteiger partial charge in [-0.05, 0) is 27.2 Å². The second kappa shape index (κ2) is 6.73. The molecule has 0 aromatic carbocycles. The zero-order valence-electron chi connectivity index (χ0n) is 16.7. The summed E-state index contributed by atoms with van der Waals surface area (Å²) in [6, 6.07) is 0.351. The first kappa shape index (κ1) is 17.9. The van der Waals surface area contributed by atoms with E-state index in [1.807, 2.05) is 18.5 Å². The number of nitrogens with zero attached hydrogens (tertiary/aromatic N) is 8. The molecule has 1 aliphatic rings. The molecule has 0 amide bonds. The maximum absolute atomic E-state index is 5.00. The standard InChI is InChI=1S/C19H21N9S/c1-5-13-18-26-24-11(4)28(18)14-9-21-16(23-17(14)27(13)10(2)3)12-8-22-25-15(12)19-20-6-7-29-19/h6-10,13H,5H2,1-4H3,(H,22,25)/t13-/m1/s1. The van der Waals surface area contributed by atoms with Crippen LogP contribution in [-0.4, -0.2) is 46.0 Å². The first-order valence-corrected chi connectivity index (χ1v) is 10.5. The molecule has 0 unspecified atom stereocenters. The van der Waals surface area contributed by atoms with Crippen LogP contribution in [0.2, 0.25) is 0 Å². The number of aromatic amines is 1. The Bertz CT molecular complexity index is 1160. The van der Waals surface area contributed by atoms with Crippen LogP contribution in [0.25, 0.3) is 27.8 Å². The van der Waals surface area contributed by atoms with Crippen molar-refractivity contribution in [3.05, 3.63) is 35.6 Å². The van der Waals surface area contributed by atoms with Crippen LogP contribution >= 0.6 is 11.3 Å². The minimum Gasteiger partial charge on any atom is -0.342 e. The van der Waals surface area contributed by atoms with Gasteiger partial charge in [0.15, 0.2) is 17.5 Å². The number of nitrogens with one attached hydrogen (secondary N) is 1. The topological polar surface area (TPSA) is 101 Å². The molecule has 1 atom stereocenters. The van der Waals surface area contributed by atoms with Gasteiger partial charge in [-0.15, -0.1) is 21.5 Å². The number of anilines is 1. The van der Waals surface area contributed by atoms with E-state index in [9.17, 15) is 0 Å². The molecule has 9 nitrogen and oxygen atoms in total. The molecule has 0 saturated carbocycles. The number of hydrogen-bond donors (Lipinski definition) is 1. The smallest absolute Gasteiger partial charge is 0.165 e. The predicted octanol–water partition coefficient (Wildman–Crippen LogP) is 3.56. The van der Waals surface area contributed by atoms with Crippen molar-refractivity contribution in [1.82, 2.24) is 39.9 Å². The van der Waals surface area contributed by atoms with Crippen molar-refractivity contribution >= 4 is 17.2 Å². The number of fused-ring (bicyclic) bond motifs is 3. The van der Waals surface area contributed by atoms with Crippen LogP contribution in [0.1, 0.15) is 44.9 Å². The van der Waals surface area contributed by atoms with Gasteiger partial charge in [-0.1, -0.05) is 6.92 Å². The minimum atomic E-state index is 0.106. The van der Waals surface area contributed by atoms with E-state index >= 15 is 0 Å². The Balaban J connectivity index is 1.71. The number of hydrogen-bond acceptors (Lipinski definition) is 8. The summed E-state index contributed by atoms with van der Waals surface area (Å²) < 4.78 is 2.07. The van der Waals surface area contributed by atoms with Gasteiger partial charge in [0.05, 0.1) is 24.0 Å². The molecule has 148 valence electrons. The molecule has 5 heterocycles. The van der Waals surface area contributed by atoms with Crippen LogP contribution in [0.3, 0.4) is 0 Å². The molecule has 0 spiro atoms. The normalized spacial score (nSPS) is 15.6. The van der Waals surface area contributed by atoms with Crippen molar-refractivity contribution in [3.63, 3.8) is 0 Å². The summed E-state index contributed by atoms with van der Waals surface area (Å²) in [6.07, 6.45) is 6.30. The summed E-state index contributed by atoms with van der Waals surface area (Å²) in [6.45, 7) is 8.47. The third-order valence-electron chi connectivity index (χ3n) is 5.19. The van der Waals surface area contributed by atoms with E-state index in [1.165, 1.54) is 0 Å². The SMILES string of the molecule is CC[C@@H]1c2nnc(C)n2-c2cnc(-c3cn[nH]c3-c3nccs3)nc2N1C(C)C. The van der Waals surface area contributed by atoms with Gasteiger partial charge < -0.3 is 4.90 Å². The van der Waals surface area contributed by atoms with Crippen molar-refractivity contribution in [1.29, 1.82) is 0 Å². The minimum absolute atomic E-state index is 0.106. The summed E-state index contributed by atoms with van der Waals surface area (Å²) in [7, 11) is 0. The van der Waals surface area contributed by atoms with Gasteiger partial charge in [0.25, 0.3) is 0 Å². The lowest BCUT2D eigenvalue weighted by molar-refractivity contribution is 0.496. The highest BCUT2D eigenvalue weighted by molar-refractivity contribution is 7.13. The van der Waals surface area contributed by atoms with Gasteiger partial charge in [-0.25, -0.2) is 15.0 Å². The second-order valence-corrected chi connectivity index (χ2v) is 8.16. The lowest BCUT2D eigenvalue weighted by Gasteiger charge is -2.39. The lowest BCUT2D eigenvalue weighted by Crippen LogP contribution is -2.40. The van der Waals surface area contributed by atoms with Crippen LogP contribution in [0.4, 0.5) is 5.82 Å². The van der Waals surface area contributed by atoms with Gasteiger partial charge in [0, 0.05) is 17.6 Å². The maximum Gasteiger partial charge on any atom is 0.165 e. The van der Waals surface area contributed by atoms with E-state index in [0.717, 1.165) is 45.8 Å². The average molecular weight is 408 g/mol. The number of aryl methyl sites for hydroxylation is 1. The van der Waals surface area contributed by atoms with Gasteiger partial charge in [0.2, 0.25) is 0 Å². The fourth-order valence-corrected chi connectivity index (χ4v) is 4.60. The van der Waals surface area contributed by atoms with Crippen LogP contribution < -0.4 is 4.90 Å². The molecule has 1 aliphatic heterocycles. The number of H-pyrrole nitrogens is 1. The summed E-state index contributed by atoms with van der Waals surface area (Å²) in [5.41, 5.74) is 2.58. The molecule has 10 heteroatoms. The Morgan fingerprint density at radius 1 is 1.21 bits per heavy atom. The van der Waals surface area contributed by atoms with E-state index in [4.69, 9.17) is 4.98 Å². The van der Waals surface area contributed by atoms with Gasteiger partial charge in [-0.2, -0.15) is 5.10 Å². The average Bonchev–Trinajstić information content (AvgIpc) is 3.46. The molecular weight excluding hydrogens is 386 g/mol. The number of aromatic nitrogens is 8. The summed E-state index contributed by atoms with van der Waals surface area (Å²) in [5, 5.41) is 18.8. The van der Waals surface area contributed by atoms with Crippen molar-refractivity contribution in [2.24, 2.45) is 0 Å². The fraction of sp³-hybridized carbons (Fsp3) is 0.368. The molecule has 1 N–H and O–H groups in total. The zero-order valence-corrected chi connectivity index (χ0v) is 17.5. The van der Waals surface area contributed by atoms with Crippen molar-refractivity contribution in [2.75, 3.05) is 4.90 Å². The van der Waals surface area contributed by atoms with Crippen LogP contribution in [0.15, 0.2) is 24.0 Å².